The summed E-state index contributed by atoms with van der Waals surface area (Å²) in [5.74, 6) is 0. The first-order valence-corrected chi connectivity index (χ1v) is 23.0. The molecule has 0 nitrogen and oxygen atoms in total. The second kappa shape index (κ2) is 21.9. The number of halogens is 7. The van der Waals surface area contributed by atoms with E-state index in [9.17, 15) is 26.3 Å². The van der Waals surface area contributed by atoms with Crippen LogP contribution >= 0.6 is 29.3 Å². The van der Waals surface area contributed by atoms with E-state index in [0.29, 0.717) is 12.1 Å². The van der Waals surface area contributed by atoms with Crippen LogP contribution in [-0.2, 0) is 29.5 Å². The Morgan fingerprint density at radius 1 is 0.352 bits per heavy atom. The largest absolute Gasteiger partial charge is 0.102 e. The summed E-state index contributed by atoms with van der Waals surface area (Å²) in [5, 5.41) is 8.61. The van der Waals surface area contributed by atoms with Gasteiger partial charge in [-0.2, -0.15) is 44.5 Å². The Bertz CT molecular complexity index is 1720. The van der Waals surface area contributed by atoms with Crippen molar-refractivity contribution >= 4 is 61.1 Å². The predicted molar refractivity (Wildman–Crippen MR) is 217 cm³/mol. The molecule has 0 aliphatic rings. The molecular weight excluding hydrogens is 891 g/mol. The standard InChI is InChI=1S/2C18H15P.C8H3F6.BrH.Pd/c2*1-4-10-16(11-5-1)19(17-12-6-2-7-13-17)18-14-8-3-9-15-18;9-7(10,11)5-2-1-3-6(4-5)8(12,13)14;;/h2*1-15H;2-4H;1H;/q;;-1;;+2/p+1. The van der Waals surface area contributed by atoms with Gasteiger partial charge in [-0.3, -0.25) is 0 Å². The molecule has 0 atom stereocenters. The zero-order chi connectivity index (χ0) is 38.8. The van der Waals surface area contributed by atoms with Crippen LogP contribution in [0.1, 0.15) is 11.1 Å². The minimum atomic E-state index is -4.78. The number of hydrogen-bond acceptors (Lipinski definition) is 0. The first kappa shape index (κ1) is 42.9. The number of hydrogen-bond donors (Lipinski definition) is 0. The molecule has 10 heteroatoms. The van der Waals surface area contributed by atoms with Crippen LogP contribution in [0.5, 0.6) is 0 Å². The molecule has 0 fully saturated rings. The summed E-state index contributed by atoms with van der Waals surface area (Å²) >= 11 is 5.35. The van der Waals surface area contributed by atoms with E-state index in [1.807, 2.05) is 0 Å². The molecule has 54 heavy (non-hydrogen) atoms. The molecule has 0 unspecified atom stereocenters. The molecule has 278 valence electrons. The summed E-state index contributed by atoms with van der Waals surface area (Å²) in [6, 6.07) is 67.8. The van der Waals surface area contributed by atoms with Crippen LogP contribution in [-0.4, -0.2) is 0 Å². The molecular formula is C44H35BrF6P2Pd+2. The van der Waals surface area contributed by atoms with Crippen LogP contribution in [0.15, 0.2) is 200 Å². The molecule has 7 aromatic carbocycles. The van der Waals surface area contributed by atoms with E-state index >= 15 is 0 Å². The van der Waals surface area contributed by atoms with Gasteiger partial charge in [0.2, 0.25) is 0 Å². The fourth-order valence-corrected chi connectivity index (χ4v) is 10.6. The second-order valence-corrected chi connectivity index (χ2v) is 16.4. The summed E-state index contributed by atoms with van der Waals surface area (Å²) in [6.45, 7) is 0. The zero-order valence-electron chi connectivity index (χ0n) is 28.5. The second-order valence-electron chi connectivity index (χ2n) is 11.5. The van der Waals surface area contributed by atoms with Crippen LogP contribution in [0.25, 0.3) is 0 Å². The van der Waals surface area contributed by atoms with E-state index in [1.165, 1.54) is 31.8 Å². The first-order valence-electron chi connectivity index (χ1n) is 16.4. The van der Waals surface area contributed by atoms with Crippen molar-refractivity contribution < 1.29 is 43.5 Å². The van der Waals surface area contributed by atoms with Gasteiger partial charge in [0.15, 0.2) is 0 Å². The van der Waals surface area contributed by atoms with E-state index < -0.39 is 39.3 Å². The van der Waals surface area contributed by atoms with Crippen LogP contribution in [0.2, 0.25) is 0 Å². The Labute approximate surface area is 332 Å². The summed E-state index contributed by atoms with van der Waals surface area (Å²) in [4.78, 5) is 0. The molecule has 0 saturated carbocycles. The van der Waals surface area contributed by atoms with Crippen molar-refractivity contribution in [3.63, 3.8) is 0 Å². The third-order valence-electron chi connectivity index (χ3n) is 7.82. The Balaban J connectivity index is 0.000000179. The molecule has 0 amide bonds. The van der Waals surface area contributed by atoms with Crippen molar-refractivity contribution in [3.05, 3.63) is 217 Å². The van der Waals surface area contributed by atoms with Crippen molar-refractivity contribution in [1.82, 2.24) is 0 Å². The minimum absolute atomic E-state index is 0.0521. The van der Waals surface area contributed by atoms with Crippen LogP contribution in [0.4, 0.5) is 26.3 Å². The maximum Gasteiger partial charge on any atom is 0.102 e. The van der Waals surface area contributed by atoms with Gasteiger partial charge in [0, 0.05) is 0 Å². The van der Waals surface area contributed by atoms with Gasteiger partial charge < -0.3 is 0 Å². The van der Waals surface area contributed by atoms with Gasteiger partial charge in [-0.15, -0.1) is 6.07 Å². The third kappa shape index (κ3) is 13.2. The maximum atomic E-state index is 12.0. The van der Waals surface area contributed by atoms with E-state index in [0.717, 1.165) is 0 Å². The summed E-state index contributed by atoms with van der Waals surface area (Å²) < 4.78 is 71.8. The minimum Gasteiger partial charge on any atom is -0.0620 e. The smallest absolute Gasteiger partial charge is 0.0620 e. The van der Waals surface area contributed by atoms with Crippen molar-refractivity contribution in [2.45, 2.75) is 12.4 Å². The normalized spacial score (nSPS) is 10.9. The van der Waals surface area contributed by atoms with Crippen LogP contribution in [0, 0.1) is 6.07 Å². The van der Waals surface area contributed by atoms with Gasteiger partial charge in [0.1, 0.15) is 31.8 Å². The van der Waals surface area contributed by atoms with E-state index in [1.54, 1.807) is 6.07 Å². The molecule has 0 aliphatic carbocycles. The molecule has 0 radical (unpaired) electrons. The van der Waals surface area contributed by atoms with Gasteiger partial charge >= 0.3 is 43.0 Å². The fourth-order valence-electron chi connectivity index (χ4n) is 5.43. The molecule has 0 aromatic heterocycles. The first-order chi connectivity index (χ1) is 26.1. The Morgan fingerprint density at radius 2 is 0.537 bits per heavy atom. The van der Waals surface area contributed by atoms with E-state index in [-0.39, 0.29) is 6.07 Å². The molecule has 7 rings (SSSR count). The van der Waals surface area contributed by atoms with Crippen molar-refractivity contribution in [2.24, 2.45) is 0 Å². The van der Waals surface area contributed by atoms with Crippen molar-refractivity contribution in [1.29, 1.82) is 0 Å². The van der Waals surface area contributed by atoms with Gasteiger partial charge in [0.05, 0.1) is 15.8 Å². The van der Waals surface area contributed by atoms with Crippen LogP contribution < -0.4 is 31.8 Å². The number of alkyl halides is 6. The third-order valence-corrected chi connectivity index (χ3v) is 13.3. The Hall–Kier alpha value is -3.88. The Kier molecular flexibility index (Phi) is 17.4. The van der Waals surface area contributed by atoms with E-state index in [4.69, 9.17) is 0 Å². The summed E-state index contributed by atoms with van der Waals surface area (Å²) in [5.41, 5.74) is -2.71. The van der Waals surface area contributed by atoms with Gasteiger partial charge in [-0.05, 0) is 72.8 Å². The predicted octanol–water partition coefficient (Wildman–Crippen LogP) is 10.7. The SMILES string of the molecule is FC(F)(F)c1c[c-]cc(C(F)(F)F)c1.[Br][Pd+].c1ccc([PH+](c2ccccc2)c2ccccc2)cc1.c1ccc([PH+](c2ccccc2)c2ccccc2)cc1. The fraction of sp³-hybridized carbons (Fsp3) is 0.0455. The van der Waals surface area contributed by atoms with Gasteiger partial charge in [-0.1, -0.05) is 120 Å². The zero-order valence-corrected chi connectivity index (χ0v) is 33.7. The molecule has 0 heterocycles. The topological polar surface area (TPSA) is 0 Å². The summed E-state index contributed by atoms with van der Waals surface area (Å²) in [6.07, 6.45) is -9.56. The number of rotatable bonds is 6. The molecule has 0 spiro atoms. The summed E-state index contributed by atoms with van der Waals surface area (Å²) in [7, 11) is -1.75. The monoisotopic (exact) mass is 924 g/mol. The maximum absolute atomic E-state index is 12.0. The van der Waals surface area contributed by atoms with Gasteiger partial charge in [0.25, 0.3) is 0 Å². The van der Waals surface area contributed by atoms with Gasteiger partial charge in [-0.25, -0.2) is 0 Å². The molecule has 0 bridgehead atoms. The molecule has 0 N–H and O–H groups in total. The number of benzene rings is 7. The van der Waals surface area contributed by atoms with Crippen molar-refractivity contribution in [3.8, 4) is 0 Å². The van der Waals surface area contributed by atoms with E-state index in [2.05, 4.69) is 213 Å². The van der Waals surface area contributed by atoms with Crippen molar-refractivity contribution in [2.75, 3.05) is 0 Å². The molecule has 0 aliphatic heterocycles. The molecule has 0 saturated heterocycles. The average molecular weight is 926 g/mol. The Morgan fingerprint density at radius 3 is 0.704 bits per heavy atom. The average Bonchev–Trinajstić information content (AvgIpc) is 3.21. The van der Waals surface area contributed by atoms with Crippen LogP contribution in [0.3, 0.4) is 0 Å². The quantitative estimate of drug-likeness (QED) is 0.0675. The molecule has 7 aromatic rings.